The molecule has 94 valence electrons. The summed E-state index contributed by atoms with van der Waals surface area (Å²) in [5.74, 6) is -0.146. The Morgan fingerprint density at radius 2 is 2.35 bits per heavy atom. The van der Waals surface area contributed by atoms with Crippen LogP contribution >= 0.6 is 0 Å². The van der Waals surface area contributed by atoms with Crippen molar-refractivity contribution in [3.8, 4) is 0 Å². The van der Waals surface area contributed by atoms with Gasteiger partial charge < -0.3 is 10.4 Å². The van der Waals surface area contributed by atoms with Crippen LogP contribution in [0.1, 0.15) is 43.4 Å². The van der Waals surface area contributed by atoms with Crippen LogP contribution in [-0.4, -0.2) is 17.8 Å². The van der Waals surface area contributed by atoms with Gasteiger partial charge in [0.05, 0.1) is 0 Å². The van der Waals surface area contributed by atoms with E-state index in [1.807, 2.05) is 6.07 Å². The quantitative estimate of drug-likeness (QED) is 0.825. The normalized spacial score (nSPS) is 20.3. The molecule has 1 aliphatic carbocycles. The zero-order valence-electron chi connectivity index (χ0n) is 10.2. The van der Waals surface area contributed by atoms with E-state index in [0.29, 0.717) is 12.1 Å². The molecule has 0 amide bonds. The van der Waals surface area contributed by atoms with E-state index in [1.54, 1.807) is 6.07 Å². The van der Waals surface area contributed by atoms with Crippen LogP contribution in [0.3, 0.4) is 0 Å². The maximum absolute atomic E-state index is 13.1. The first-order valence-corrected chi connectivity index (χ1v) is 6.39. The van der Waals surface area contributed by atoms with Crippen LogP contribution in [0.25, 0.3) is 0 Å². The molecule has 0 saturated carbocycles. The lowest BCUT2D eigenvalue weighted by atomic mass is 10.1. The summed E-state index contributed by atoms with van der Waals surface area (Å²) in [6.07, 6.45) is 3.76. The minimum atomic E-state index is -0.146. The fraction of sp³-hybridized carbons (Fsp3) is 0.571. The summed E-state index contributed by atoms with van der Waals surface area (Å²) in [4.78, 5) is 0. The highest BCUT2D eigenvalue weighted by Crippen LogP contribution is 2.32. The highest BCUT2D eigenvalue weighted by molar-refractivity contribution is 5.35. The topological polar surface area (TPSA) is 32.3 Å². The van der Waals surface area contributed by atoms with Gasteiger partial charge in [0.25, 0.3) is 0 Å². The van der Waals surface area contributed by atoms with Crippen molar-refractivity contribution in [3.63, 3.8) is 0 Å². The molecule has 0 fully saturated rings. The lowest BCUT2D eigenvalue weighted by molar-refractivity contribution is 0.255. The van der Waals surface area contributed by atoms with Crippen LogP contribution in [0.4, 0.5) is 4.39 Å². The molecule has 0 spiro atoms. The monoisotopic (exact) mass is 237 g/mol. The lowest BCUT2D eigenvalue weighted by Gasteiger charge is -2.22. The molecule has 2 nitrogen and oxygen atoms in total. The van der Waals surface area contributed by atoms with Gasteiger partial charge >= 0.3 is 0 Å². The van der Waals surface area contributed by atoms with Gasteiger partial charge in [-0.2, -0.15) is 0 Å². The largest absolute Gasteiger partial charge is 0.396 e. The van der Waals surface area contributed by atoms with Crippen LogP contribution in [0.2, 0.25) is 0 Å². The van der Waals surface area contributed by atoms with E-state index in [0.717, 1.165) is 31.2 Å². The average Bonchev–Trinajstić information content (AvgIpc) is 2.71. The average molecular weight is 237 g/mol. The first kappa shape index (κ1) is 12.5. The Morgan fingerprint density at radius 1 is 1.53 bits per heavy atom. The van der Waals surface area contributed by atoms with Crippen LogP contribution in [0.15, 0.2) is 18.2 Å². The van der Waals surface area contributed by atoms with Crippen LogP contribution in [-0.2, 0) is 6.42 Å². The van der Waals surface area contributed by atoms with Crippen molar-refractivity contribution >= 4 is 0 Å². The summed E-state index contributed by atoms with van der Waals surface area (Å²) < 4.78 is 13.1. The molecule has 0 aliphatic heterocycles. The van der Waals surface area contributed by atoms with E-state index >= 15 is 0 Å². The van der Waals surface area contributed by atoms with Crippen molar-refractivity contribution in [1.82, 2.24) is 5.32 Å². The van der Waals surface area contributed by atoms with Crippen molar-refractivity contribution in [1.29, 1.82) is 0 Å². The Labute approximate surface area is 102 Å². The van der Waals surface area contributed by atoms with Gasteiger partial charge in [-0.25, -0.2) is 4.39 Å². The van der Waals surface area contributed by atoms with Gasteiger partial charge in [0.1, 0.15) is 5.82 Å². The maximum atomic E-state index is 13.1. The Balaban J connectivity index is 2.06. The Kier molecular flexibility index (Phi) is 4.13. The summed E-state index contributed by atoms with van der Waals surface area (Å²) in [6.45, 7) is 2.34. The number of halogens is 1. The maximum Gasteiger partial charge on any atom is 0.123 e. The number of hydrogen-bond acceptors (Lipinski definition) is 2. The standard InChI is InChI=1S/C14H20FNO/c1-2-12(7-8-17)16-14-6-3-10-9-11(15)4-5-13(10)14/h4-5,9,12,14,16-17H,2-3,6-8H2,1H3. The predicted molar refractivity (Wildman–Crippen MR) is 66.4 cm³/mol. The summed E-state index contributed by atoms with van der Waals surface area (Å²) in [6, 6.07) is 5.74. The lowest BCUT2D eigenvalue weighted by Crippen LogP contribution is -2.32. The van der Waals surface area contributed by atoms with Gasteiger partial charge in [0.2, 0.25) is 0 Å². The molecule has 0 heterocycles. The number of nitrogens with one attached hydrogen (secondary N) is 1. The molecule has 17 heavy (non-hydrogen) atoms. The minimum Gasteiger partial charge on any atom is -0.396 e. The van der Waals surface area contributed by atoms with E-state index in [4.69, 9.17) is 5.11 Å². The number of aryl methyl sites for hydroxylation is 1. The Bertz CT molecular complexity index is 380. The third-order valence-corrected chi connectivity index (χ3v) is 3.59. The van der Waals surface area contributed by atoms with E-state index in [2.05, 4.69) is 12.2 Å². The first-order valence-electron chi connectivity index (χ1n) is 6.39. The molecule has 2 atom stereocenters. The van der Waals surface area contributed by atoms with E-state index in [-0.39, 0.29) is 12.4 Å². The van der Waals surface area contributed by atoms with Crippen molar-refractivity contribution < 1.29 is 9.50 Å². The van der Waals surface area contributed by atoms with Crippen LogP contribution in [0, 0.1) is 5.82 Å². The smallest absolute Gasteiger partial charge is 0.123 e. The summed E-state index contributed by atoms with van der Waals surface area (Å²) >= 11 is 0. The fourth-order valence-electron chi connectivity index (χ4n) is 2.60. The molecule has 1 aromatic rings. The number of aliphatic hydroxyl groups is 1. The van der Waals surface area contributed by atoms with Gasteiger partial charge in [-0.3, -0.25) is 0 Å². The number of fused-ring (bicyclic) bond motifs is 1. The van der Waals surface area contributed by atoms with Crippen molar-refractivity contribution in [2.75, 3.05) is 6.61 Å². The molecule has 2 rings (SSSR count). The van der Waals surface area contributed by atoms with Gasteiger partial charge in [-0.05, 0) is 48.9 Å². The van der Waals surface area contributed by atoms with Gasteiger partial charge in [-0.1, -0.05) is 13.0 Å². The minimum absolute atomic E-state index is 0.146. The van der Waals surface area contributed by atoms with E-state index in [1.165, 1.54) is 11.6 Å². The van der Waals surface area contributed by atoms with E-state index < -0.39 is 0 Å². The molecule has 0 saturated heterocycles. The number of rotatable bonds is 5. The fourth-order valence-corrected chi connectivity index (χ4v) is 2.60. The van der Waals surface area contributed by atoms with Gasteiger partial charge in [-0.15, -0.1) is 0 Å². The summed E-state index contributed by atoms with van der Waals surface area (Å²) in [7, 11) is 0. The zero-order valence-corrected chi connectivity index (χ0v) is 10.2. The summed E-state index contributed by atoms with van der Waals surface area (Å²) in [5, 5.41) is 12.5. The van der Waals surface area contributed by atoms with Crippen molar-refractivity contribution in [3.05, 3.63) is 35.1 Å². The molecule has 0 aromatic heterocycles. The molecular formula is C14H20FNO. The molecule has 0 radical (unpaired) electrons. The molecule has 1 aliphatic rings. The van der Waals surface area contributed by atoms with Gasteiger partial charge in [0.15, 0.2) is 0 Å². The third kappa shape index (κ3) is 2.85. The highest BCUT2D eigenvalue weighted by atomic mass is 19.1. The van der Waals surface area contributed by atoms with Crippen LogP contribution < -0.4 is 5.32 Å². The summed E-state index contributed by atoms with van der Waals surface area (Å²) in [5.41, 5.74) is 2.35. The van der Waals surface area contributed by atoms with E-state index in [9.17, 15) is 4.39 Å². The molecule has 1 aromatic carbocycles. The van der Waals surface area contributed by atoms with Crippen LogP contribution in [0.5, 0.6) is 0 Å². The SMILES string of the molecule is CCC(CCO)NC1CCc2cc(F)ccc21. The Morgan fingerprint density at radius 3 is 3.06 bits per heavy atom. The second-order valence-corrected chi connectivity index (χ2v) is 4.72. The molecule has 2 unspecified atom stereocenters. The number of hydrogen-bond donors (Lipinski definition) is 2. The highest BCUT2D eigenvalue weighted by Gasteiger charge is 2.24. The first-order chi connectivity index (χ1) is 8.24. The second-order valence-electron chi connectivity index (χ2n) is 4.72. The molecular weight excluding hydrogens is 217 g/mol. The molecule has 0 bridgehead atoms. The zero-order chi connectivity index (χ0) is 12.3. The molecule has 2 N–H and O–H groups in total. The third-order valence-electron chi connectivity index (χ3n) is 3.59. The molecule has 3 heteroatoms. The number of benzene rings is 1. The Hall–Kier alpha value is -0.930. The second kappa shape index (κ2) is 5.61. The van der Waals surface area contributed by atoms with Crippen molar-refractivity contribution in [2.24, 2.45) is 0 Å². The van der Waals surface area contributed by atoms with Crippen molar-refractivity contribution in [2.45, 2.75) is 44.7 Å². The number of aliphatic hydroxyl groups excluding tert-OH is 1. The predicted octanol–water partition coefficient (Wildman–Crippen LogP) is 2.56. The van der Waals surface area contributed by atoms with Gasteiger partial charge in [0, 0.05) is 18.7 Å².